The first-order valence-corrected chi connectivity index (χ1v) is 7.24. The lowest BCUT2D eigenvalue weighted by atomic mass is 9.93. The Morgan fingerprint density at radius 3 is 2.29 bits per heavy atom. The smallest absolute Gasteiger partial charge is 0.323 e. The van der Waals surface area contributed by atoms with Gasteiger partial charge in [0.1, 0.15) is 0 Å². The number of allylic oxidation sites excluding steroid dienone is 1. The minimum Gasteiger partial charge on any atom is -0.377 e. The number of piperidine rings is 1. The lowest BCUT2D eigenvalue weighted by Crippen LogP contribution is -2.33. The molecule has 0 aromatic heterocycles. The number of hydrogen-bond donors (Lipinski definition) is 0. The van der Waals surface area contributed by atoms with Crippen molar-refractivity contribution < 1.29 is 27.6 Å². The second kappa shape index (κ2) is 7.70. The van der Waals surface area contributed by atoms with Crippen molar-refractivity contribution in [2.45, 2.75) is 12.8 Å². The number of halogens is 3. The lowest BCUT2D eigenvalue weighted by molar-refractivity contribution is -0.120. The van der Waals surface area contributed by atoms with Gasteiger partial charge in [-0.25, -0.2) is 13.2 Å². The maximum Gasteiger partial charge on any atom is 0.323 e. The van der Waals surface area contributed by atoms with Gasteiger partial charge in [0.05, 0.1) is 0 Å². The Kier molecular flexibility index (Phi) is 5.65. The zero-order valence-electron chi connectivity index (χ0n) is 12.6. The summed E-state index contributed by atoms with van der Waals surface area (Å²) >= 11 is 0. The molecule has 2 rings (SSSR count). The fraction of sp³-hybridized carbons (Fsp3) is 0.312. The topological polar surface area (TPSA) is 73.8 Å². The van der Waals surface area contributed by atoms with Gasteiger partial charge < -0.3 is 10.4 Å². The molecule has 0 aliphatic carbocycles. The van der Waals surface area contributed by atoms with Gasteiger partial charge in [0.2, 0.25) is 5.78 Å². The van der Waals surface area contributed by atoms with Crippen LogP contribution in [0, 0.1) is 23.4 Å². The van der Waals surface area contributed by atoms with E-state index in [0.717, 1.165) is 12.3 Å². The summed E-state index contributed by atoms with van der Waals surface area (Å²) in [4.78, 5) is 27.9. The van der Waals surface area contributed by atoms with E-state index in [1.54, 1.807) is 4.90 Å². The predicted octanol–water partition coefficient (Wildman–Crippen LogP) is 2.38. The van der Waals surface area contributed by atoms with Crippen LogP contribution >= 0.6 is 0 Å². The second-order valence-corrected chi connectivity index (χ2v) is 5.39. The number of hydrogen-bond acceptors (Lipinski definition) is 3. The van der Waals surface area contributed by atoms with Gasteiger partial charge >= 0.3 is 6.21 Å². The molecule has 0 atom stereocenters. The SMILES string of the molecule is [N-]=[N+]=CC(=O)C1CCN(C=CC(=O)c2cc(F)c(F)c(F)c2)CC1. The highest BCUT2D eigenvalue weighted by Gasteiger charge is 2.24. The summed E-state index contributed by atoms with van der Waals surface area (Å²) in [5.41, 5.74) is 8.06. The Morgan fingerprint density at radius 2 is 1.75 bits per heavy atom. The van der Waals surface area contributed by atoms with Gasteiger partial charge in [0.15, 0.2) is 23.2 Å². The van der Waals surface area contributed by atoms with E-state index in [1.165, 1.54) is 6.20 Å². The number of carbonyl (C=O) groups excluding carboxylic acids is 2. The summed E-state index contributed by atoms with van der Waals surface area (Å²) in [7, 11) is 0. The van der Waals surface area contributed by atoms with E-state index in [2.05, 4.69) is 4.79 Å². The summed E-state index contributed by atoms with van der Waals surface area (Å²) in [6.45, 7) is 1.01. The number of benzene rings is 1. The summed E-state index contributed by atoms with van der Waals surface area (Å²) in [6, 6.07) is 1.29. The largest absolute Gasteiger partial charge is 0.377 e. The molecule has 1 fully saturated rings. The average molecular weight is 337 g/mol. The molecule has 8 heteroatoms. The Hall–Kier alpha value is -2.73. The lowest BCUT2D eigenvalue weighted by Gasteiger charge is -2.28. The molecule has 1 aliphatic rings. The zero-order valence-corrected chi connectivity index (χ0v) is 12.6. The molecule has 1 aromatic carbocycles. The van der Waals surface area contributed by atoms with E-state index < -0.39 is 23.2 Å². The first-order valence-electron chi connectivity index (χ1n) is 7.24. The monoisotopic (exact) mass is 337 g/mol. The number of likely N-dealkylation sites (tertiary alicyclic amines) is 1. The third-order valence-electron chi connectivity index (χ3n) is 3.82. The molecule has 1 aliphatic heterocycles. The third-order valence-corrected chi connectivity index (χ3v) is 3.82. The molecule has 1 heterocycles. The Morgan fingerprint density at radius 1 is 1.17 bits per heavy atom. The number of ketones is 2. The molecular formula is C16H14F3N3O2. The third kappa shape index (κ3) is 4.17. The van der Waals surface area contributed by atoms with Crippen molar-refractivity contribution in [2.24, 2.45) is 5.92 Å². The van der Waals surface area contributed by atoms with Crippen molar-refractivity contribution in [3.8, 4) is 0 Å². The van der Waals surface area contributed by atoms with Crippen LogP contribution in [0.4, 0.5) is 13.2 Å². The van der Waals surface area contributed by atoms with Crippen molar-refractivity contribution in [3.63, 3.8) is 0 Å². The highest BCUT2D eigenvalue weighted by atomic mass is 19.2. The Bertz CT molecular complexity index is 711. The van der Waals surface area contributed by atoms with Gasteiger partial charge in [-0.15, -0.1) is 0 Å². The maximum atomic E-state index is 13.1. The van der Waals surface area contributed by atoms with E-state index in [-0.39, 0.29) is 17.3 Å². The van der Waals surface area contributed by atoms with Gasteiger partial charge in [0.25, 0.3) is 0 Å². The molecule has 0 bridgehead atoms. The number of Topliss-reactive ketones (excluding diaryl/α,β-unsaturated/α-hetero) is 1. The van der Waals surface area contributed by atoms with E-state index in [9.17, 15) is 22.8 Å². The standard InChI is InChI=1S/C16H14F3N3O2/c17-12-7-11(8-13(18)16(12)19)14(23)3-6-22-4-1-10(2-5-22)15(24)9-21-20/h3,6-10H,1-2,4-5H2. The second-order valence-electron chi connectivity index (χ2n) is 5.39. The van der Waals surface area contributed by atoms with E-state index in [0.29, 0.717) is 38.1 Å². The zero-order chi connectivity index (χ0) is 17.7. The first kappa shape index (κ1) is 17.6. The van der Waals surface area contributed by atoms with Crippen molar-refractivity contribution in [2.75, 3.05) is 13.1 Å². The molecular weight excluding hydrogens is 323 g/mol. The molecule has 0 N–H and O–H groups in total. The maximum absolute atomic E-state index is 13.1. The minimum absolute atomic E-state index is 0.235. The summed E-state index contributed by atoms with van der Waals surface area (Å²) in [5, 5.41) is 0. The van der Waals surface area contributed by atoms with Gasteiger partial charge in [-0.05, 0) is 25.0 Å². The number of carbonyl (C=O) groups is 2. The normalized spacial score (nSPS) is 15.4. The van der Waals surface area contributed by atoms with Gasteiger partial charge in [-0.2, -0.15) is 4.79 Å². The molecule has 126 valence electrons. The molecule has 0 spiro atoms. The molecule has 0 radical (unpaired) electrons. The van der Waals surface area contributed by atoms with Crippen LogP contribution in [-0.2, 0) is 4.79 Å². The molecule has 1 aromatic rings. The first-order chi connectivity index (χ1) is 11.4. The fourth-order valence-corrected chi connectivity index (χ4v) is 2.46. The molecule has 1 saturated heterocycles. The quantitative estimate of drug-likeness (QED) is 0.207. The van der Waals surface area contributed by atoms with Crippen LogP contribution in [-0.4, -0.2) is 40.6 Å². The molecule has 0 unspecified atom stereocenters. The highest BCUT2D eigenvalue weighted by molar-refractivity contribution is 6.26. The number of rotatable bonds is 5. The molecule has 5 nitrogen and oxygen atoms in total. The fourth-order valence-electron chi connectivity index (χ4n) is 2.46. The van der Waals surface area contributed by atoms with Gasteiger partial charge in [-0.1, -0.05) is 0 Å². The highest BCUT2D eigenvalue weighted by Crippen LogP contribution is 2.18. The van der Waals surface area contributed by atoms with Crippen molar-refractivity contribution in [1.82, 2.24) is 4.90 Å². The van der Waals surface area contributed by atoms with Crippen LogP contribution in [0.5, 0.6) is 0 Å². The van der Waals surface area contributed by atoms with Crippen molar-refractivity contribution in [3.05, 3.63) is 53.0 Å². The van der Waals surface area contributed by atoms with Crippen LogP contribution in [0.3, 0.4) is 0 Å². The molecule has 0 amide bonds. The Labute approximate surface area is 136 Å². The Balaban J connectivity index is 1.96. The van der Waals surface area contributed by atoms with Crippen LogP contribution in [0.2, 0.25) is 0 Å². The van der Waals surface area contributed by atoms with Crippen molar-refractivity contribution in [1.29, 1.82) is 0 Å². The van der Waals surface area contributed by atoms with Crippen LogP contribution in [0.15, 0.2) is 24.4 Å². The molecule has 24 heavy (non-hydrogen) atoms. The van der Waals surface area contributed by atoms with Gasteiger partial charge in [0, 0.05) is 36.8 Å². The van der Waals surface area contributed by atoms with Gasteiger partial charge in [-0.3, -0.25) is 9.59 Å². The summed E-state index contributed by atoms with van der Waals surface area (Å²) < 4.78 is 39.1. The van der Waals surface area contributed by atoms with E-state index in [1.807, 2.05) is 0 Å². The summed E-state index contributed by atoms with van der Waals surface area (Å²) in [6.07, 6.45) is 4.55. The van der Waals surface area contributed by atoms with E-state index >= 15 is 0 Å². The predicted molar refractivity (Wildman–Crippen MR) is 78.8 cm³/mol. The van der Waals surface area contributed by atoms with Crippen LogP contribution in [0.25, 0.3) is 5.53 Å². The molecule has 0 saturated carbocycles. The van der Waals surface area contributed by atoms with Crippen LogP contribution in [0.1, 0.15) is 23.2 Å². The number of nitrogens with zero attached hydrogens (tertiary/aromatic N) is 3. The summed E-state index contributed by atoms with van der Waals surface area (Å²) in [5.74, 6) is -5.60. The van der Waals surface area contributed by atoms with Crippen LogP contribution < -0.4 is 0 Å². The van der Waals surface area contributed by atoms with Crippen molar-refractivity contribution >= 4 is 17.8 Å². The minimum atomic E-state index is -1.62. The average Bonchev–Trinajstić information content (AvgIpc) is 2.57. The van der Waals surface area contributed by atoms with E-state index in [4.69, 9.17) is 5.53 Å².